The molecule has 0 spiro atoms. The van der Waals surface area contributed by atoms with Crippen molar-refractivity contribution >= 4 is 28.6 Å². The van der Waals surface area contributed by atoms with Crippen molar-refractivity contribution in [3.63, 3.8) is 0 Å². The van der Waals surface area contributed by atoms with Crippen molar-refractivity contribution in [2.24, 2.45) is 11.7 Å². The average Bonchev–Trinajstić information content (AvgIpc) is 3.00. The molecule has 0 fully saturated rings. The van der Waals surface area contributed by atoms with Crippen molar-refractivity contribution in [2.45, 2.75) is 50.6 Å². The fourth-order valence-electron chi connectivity index (χ4n) is 2.89. The average molecular weight is 401 g/mol. The normalized spacial score (nSPS) is 12.6. The number of hydrogen-bond acceptors (Lipinski definition) is 6. The fraction of sp³-hybridized carbons (Fsp3) is 0.421. The van der Waals surface area contributed by atoms with Crippen LogP contribution in [0.15, 0.2) is 34.2 Å². The van der Waals surface area contributed by atoms with Gasteiger partial charge in [0.15, 0.2) is 5.16 Å². The molecule has 0 saturated heterocycles. The molecule has 1 unspecified atom stereocenters. The van der Waals surface area contributed by atoms with Crippen LogP contribution in [0.5, 0.6) is 0 Å². The number of nitrogens with two attached hydrogens (primary N) is 1. The molecule has 8 nitrogen and oxygen atoms in total. The molecule has 28 heavy (non-hydrogen) atoms. The fourth-order valence-corrected chi connectivity index (χ4v) is 3.82. The summed E-state index contributed by atoms with van der Waals surface area (Å²) < 4.78 is 2.02. The van der Waals surface area contributed by atoms with Gasteiger partial charge >= 0.3 is 0 Å². The Morgan fingerprint density at radius 3 is 2.71 bits per heavy atom. The van der Waals surface area contributed by atoms with Gasteiger partial charge < -0.3 is 15.3 Å². The number of para-hydroxylation sites is 1. The molecule has 0 bridgehead atoms. The largest absolute Gasteiger partial charge is 0.370 e. The molecular weight excluding hydrogens is 376 g/mol. The molecule has 0 aliphatic heterocycles. The van der Waals surface area contributed by atoms with E-state index < -0.39 is 0 Å². The summed E-state index contributed by atoms with van der Waals surface area (Å²) in [4.78, 5) is 30.9. The lowest BCUT2D eigenvalue weighted by Gasteiger charge is -2.15. The van der Waals surface area contributed by atoms with Gasteiger partial charge in [-0.25, -0.2) is 4.98 Å². The molecule has 2 aromatic heterocycles. The number of carbonyl (C=O) groups excluding carboxylic acids is 1. The predicted molar refractivity (Wildman–Crippen MR) is 109 cm³/mol. The van der Waals surface area contributed by atoms with E-state index in [0.29, 0.717) is 29.1 Å². The first-order valence-corrected chi connectivity index (χ1v) is 10.1. The number of thioether (sulfide) groups is 1. The highest BCUT2D eigenvalue weighted by atomic mass is 32.2. The summed E-state index contributed by atoms with van der Waals surface area (Å²) in [5.74, 6) is 1.35. The van der Waals surface area contributed by atoms with E-state index in [1.54, 1.807) is 6.07 Å². The number of aromatic nitrogens is 5. The third-order valence-electron chi connectivity index (χ3n) is 4.23. The Balaban J connectivity index is 1.88. The van der Waals surface area contributed by atoms with Crippen molar-refractivity contribution in [2.75, 3.05) is 0 Å². The first-order valence-electron chi connectivity index (χ1n) is 9.21. The van der Waals surface area contributed by atoms with E-state index in [1.165, 1.54) is 11.8 Å². The number of rotatable bonds is 8. The minimum atomic E-state index is -0.361. The number of amides is 1. The van der Waals surface area contributed by atoms with Gasteiger partial charge in [0.25, 0.3) is 5.56 Å². The summed E-state index contributed by atoms with van der Waals surface area (Å²) in [7, 11) is 0. The van der Waals surface area contributed by atoms with Crippen LogP contribution in [0.3, 0.4) is 0 Å². The predicted octanol–water partition coefficient (Wildman–Crippen LogP) is 2.44. The number of fused-ring (bicyclic) bond motifs is 1. The molecule has 1 atom stereocenters. The number of carbonyl (C=O) groups is 1. The summed E-state index contributed by atoms with van der Waals surface area (Å²) in [5, 5.41) is 9.72. The smallest absolute Gasteiger partial charge is 0.258 e. The zero-order valence-electron chi connectivity index (χ0n) is 16.2. The number of aromatic amines is 1. The first kappa shape index (κ1) is 20.1. The highest BCUT2D eigenvalue weighted by Gasteiger charge is 2.19. The van der Waals surface area contributed by atoms with Gasteiger partial charge in [-0.1, -0.05) is 37.7 Å². The van der Waals surface area contributed by atoms with E-state index in [0.717, 1.165) is 17.5 Å². The first-order chi connectivity index (χ1) is 13.3. The summed E-state index contributed by atoms with van der Waals surface area (Å²) in [5.41, 5.74) is 5.78. The molecule has 3 aromatic rings. The number of nitrogens with one attached hydrogen (secondary N) is 1. The Morgan fingerprint density at radius 1 is 1.25 bits per heavy atom. The van der Waals surface area contributed by atoms with Crippen molar-refractivity contribution in [1.82, 2.24) is 24.7 Å². The standard InChI is InChI=1S/C19H24N6O2S/c1-11(2)10-25-16(9-8-15(20)26)23-24-19(25)28-12(3)17-21-14-7-5-4-6-13(14)18(27)22-17/h4-7,11-12H,8-10H2,1-3H3,(H2,20,26)(H,21,22,27). The Hall–Kier alpha value is -2.68. The van der Waals surface area contributed by atoms with Gasteiger partial charge in [0.05, 0.1) is 16.2 Å². The summed E-state index contributed by atoms with van der Waals surface area (Å²) in [6.07, 6.45) is 0.686. The molecule has 0 aliphatic carbocycles. The Morgan fingerprint density at radius 2 is 2.00 bits per heavy atom. The van der Waals surface area contributed by atoms with E-state index in [1.807, 2.05) is 29.7 Å². The van der Waals surface area contributed by atoms with Crippen LogP contribution in [0.2, 0.25) is 0 Å². The van der Waals surface area contributed by atoms with Gasteiger partial charge in [0.1, 0.15) is 11.6 Å². The van der Waals surface area contributed by atoms with Crippen LogP contribution in [0, 0.1) is 5.92 Å². The molecule has 148 valence electrons. The highest BCUT2D eigenvalue weighted by molar-refractivity contribution is 7.99. The van der Waals surface area contributed by atoms with Crippen LogP contribution in [0.1, 0.15) is 44.1 Å². The number of nitrogens with zero attached hydrogens (tertiary/aromatic N) is 4. The third kappa shape index (κ3) is 4.59. The quantitative estimate of drug-likeness (QED) is 0.561. The van der Waals surface area contributed by atoms with Gasteiger partial charge in [-0.15, -0.1) is 10.2 Å². The van der Waals surface area contributed by atoms with Gasteiger partial charge in [0, 0.05) is 19.4 Å². The highest BCUT2D eigenvalue weighted by Crippen LogP contribution is 2.32. The molecule has 0 saturated carbocycles. The second-order valence-corrected chi connectivity index (χ2v) is 8.41. The third-order valence-corrected chi connectivity index (χ3v) is 5.32. The van der Waals surface area contributed by atoms with Crippen LogP contribution >= 0.6 is 11.8 Å². The zero-order chi connectivity index (χ0) is 20.3. The van der Waals surface area contributed by atoms with Crippen LogP contribution in [0.25, 0.3) is 10.9 Å². The van der Waals surface area contributed by atoms with Crippen LogP contribution in [0.4, 0.5) is 0 Å². The maximum Gasteiger partial charge on any atom is 0.258 e. The lowest BCUT2D eigenvalue weighted by Crippen LogP contribution is -2.15. The molecule has 0 aliphatic rings. The molecular formula is C19H24N6O2S. The van der Waals surface area contributed by atoms with Gasteiger partial charge in [-0.2, -0.15) is 0 Å². The van der Waals surface area contributed by atoms with Crippen molar-refractivity contribution in [1.29, 1.82) is 0 Å². The molecule has 3 N–H and O–H groups in total. The zero-order valence-corrected chi connectivity index (χ0v) is 17.0. The number of H-pyrrole nitrogens is 1. The van der Waals surface area contributed by atoms with Gasteiger partial charge in [-0.05, 0) is 25.0 Å². The van der Waals surface area contributed by atoms with Crippen molar-refractivity contribution in [3.05, 3.63) is 46.3 Å². The molecule has 9 heteroatoms. The number of hydrogen-bond donors (Lipinski definition) is 2. The van der Waals surface area contributed by atoms with Crippen molar-refractivity contribution < 1.29 is 4.79 Å². The SMILES string of the molecule is CC(C)Cn1c(CCC(N)=O)nnc1SC(C)c1nc2ccccc2c(=O)[nH]1. The Labute approximate surface area is 167 Å². The number of benzene rings is 1. The van der Waals surface area contributed by atoms with E-state index in [9.17, 15) is 9.59 Å². The lowest BCUT2D eigenvalue weighted by atomic mass is 10.2. The minimum absolute atomic E-state index is 0.128. The van der Waals surface area contributed by atoms with E-state index >= 15 is 0 Å². The molecule has 1 aromatic carbocycles. The van der Waals surface area contributed by atoms with Crippen molar-refractivity contribution in [3.8, 4) is 0 Å². The molecule has 0 radical (unpaired) electrons. The Bertz CT molecular complexity index is 1040. The summed E-state index contributed by atoms with van der Waals surface area (Å²) in [6, 6.07) is 7.27. The minimum Gasteiger partial charge on any atom is -0.370 e. The molecule has 2 heterocycles. The lowest BCUT2D eigenvalue weighted by molar-refractivity contribution is -0.118. The maximum atomic E-state index is 12.3. The number of primary amides is 1. The van der Waals surface area contributed by atoms with E-state index in [-0.39, 0.29) is 23.1 Å². The van der Waals surface area contributed by atoms with Gasteiger partial charge in [0.2, 0.25) is 5.91 Å². The topological polar surface area (TPSA) is 120 Å². The molecule has 3 rings (SSSR count). The van der Waals surface area contributed by atoms with Crippen LogP contribution in [-0.4, -0.2) is 30.6 Å². The summed E-state index contributed by atoms with van der Waals surface area (Å²) in [6.45, 7) is 6.92. The van der Waals surface area contributed by atoms with E-state index in [2.05, 4.69) is 34.0 Å². The van der Waals surface area contributed by atoms with Crippen LogP contribution < -0.4 is 11.3 Å². The van der Waals surface area contributed by atoms with Crippen LogP contribution in [-0.2, 0) is 17.8 Å². The Kier molecular flexibility index (Phi) is 6.13. The monoisotopic (exact) mass is 400 g/mol. The summed E-state index contributed by atoms with van der Waals surface area (Å²) >= 11 is 1.48. The van der Waals surface area contributed by atoms with E-state index in [4.69, 9.17) is 5.73 Å². The molecule has 1 amide bonds. The van der Waals surface area contributed by atoms with Gasteiger partial charge in [-0.3, -0.25) is 9.59 Å². The maximum absolute atomic E-state index is 12.3. The second-order valence-electron chi connectivity index (χ2n) is 7.10. The number of aryl methyl sites for hydroxylation is 1. The second kappa shape index (κ2) is 8.55.